The number of methoxy groups -OCH3 is 1. The number of nitrogens with one attached hydrogen (secondary N) is 1. The van der Waals surface area contributed by atoms with Gasteiger partial charge < -0.3 is 10.1 Å². The van der Waals surface area contributed by atoms with Gasteiger partial charge in [0.1, 0.15) is 29.1 Å². The largest absolute Gasteiger partial charge is 0.495 e. The van der Waals surface area contributed by atoms with Gasteiger partial charge in [0.15, 0.2) is 0 Å². The van der Waals surface area contributed by atoms with Crippen LogP contribution in [0.5, 0.6) is 5.75 Å². The van der Waals surface area contributed by atoms with E-state index < -0.39 is 11.6 Å². The number of hydrogen-bond donors (Lipinski definition) is 1. The summed E-state index contributed by atoms with van der Waals surface area (Å²) >= 11 is 3.02. The predicted molar refractivity (Wildman–Crippen MR) is 79.1 cm³/mol. The van der Waals surface area contributed by atoms with Gasteiger partial charge in [-0.1, -0.05) is 22.0 Å². The summed E-state index contributed by atoms with van der Waals surface area (Å²) in [4.78, 5) is 0. The molecule has 108 valence electrons. The Labute approximate surface area is 129 Å². The maximum Gasteiger partial charge on any atom is 0.150 e. The minimum absolute atomic E-state index is 0.189. The molecule has 3 nitrogen and oxygen atoms in total. The molecule has 0 bridgehead atoms. The van der Waals surface area contributed by atoms with Gasteiger partial charge in [-0.25, -0.2) is 8.78 Å². The Morgan fingerprint density at radius 2 is 1.90 bits per heavy atom. The maximum atomic E-state index is 13.7. The first-order valence-electron chi connectivity index (χ1n) is 6.00. The van der Waals surface area contributed by atoms with E-state index in [1.54, 1.807) is 18.2 Å². The van der Waals surface area contributed by atoms with Gasteiger partial charge in [-0.3, -0.25) is 0 Å². The molecule has 0 radical (unpaired) electrons. The van der Waals surface area contributed by atoms with Gasteiger partial charge in [0.2, 0.25) is 0 Å². The number of ether oxygens (including phenoxy) is 1. The van der Waals surface area contributed by atoms with Crippen LogP contribution in [0.25, 0.3) is 0 Å². The number of halogens is 3. The van der Waals surface area contributed by atoms with Crippen LogP contribution < -0.4 is 10.1 Å². The quantitative estimate of drug-likeness (QED) is 0.895. The Bertz CT molecular complexity index is 690. The normalized spacial score (nSPS) is 10.0. The van der Waals surface area contributed by atoms with E-state index in [9.17, 15) is 8.78 Å². The molecule has 0 amide bonds. The van der Waals surface area contributed by atoms with Gasteiger partial charge in [0.05, 0.1) is 12.7 Å². The second-order valence-corrected chi connectivity index (χ2v) is 5.16. The third-order valence-electron chi connectivity index (χ3n) is 2.86. The topological polar surface area (TPSA) is 45.0 Å². The van der Waals surface area contributed by atoms with Crippen LogP contribution in [-0.2, 0) is 6.54 Å². The molecule has 1 N–H and O–H groups in total. The average Bonchev–Trinajstić information content (AvgIpc) is 2.45. The fourth-order valence-electron chi connectivity index (χ4n) is 1.85. The van der Waals surface area contributed by atoms with Gasteiger partial charge in [0, 0.05) is 11.0 Å². The van der Waals surface area contributed by atoms with Crippen LogP contribution in [0.3, 0.4) is 0 Å². The van der Waals surface area contributed by atoms with Crippen LogP contribution in [0.15, 0.2) is 34.8 Å². The summed E-state index contributed by atoms with van der Waals surface area (Å²) in [6, 6.07) is 9.35. The zero-order valence-electron chi connectivity index (χ0n) is 11.1. The fourth-order valence-corrected chi connectivity index (χ4v) is 2.26. The third kappa shape index (κ3) is 3.50. The molecule has 0 heterocycles. The molecule has 0 unspecified atom stereocenters. The summed E-state index contributed by atoms with van der Waals surface area (Å²) in [5.41, 5.74) is 0.884. The first kappa shape index (κ1) is 15.3. The van der Waals surface area contributed by atoms with Crippen molar-refractivity contribution in [2.45, 2.75) is 6.54 Å². The molecular formula is C15H11BrF2N2O. The smallest absolute Gasteiger partial charge is 0.150 e. The van der Waals surface area contributed by atoms with E-state index >= 15 is 0 Å². The van der Waals surface area contributed by atoms with Gasteiger partial charge in [-0.2, -0.15) is 5.26 Å². The van der Waals surface area contributed by atoms with Crippen molar-refractivity contribution in [3.8, 4) is 11.8 Å². The molecule has 6 heteroatoms. The molecule has 2 aromatic rings. The van der Waals surface area contributed by atoms with E-state index in [-0.39, 0.29) is 12.2 Å². The van der Waals surface area contributed by atoms with Crippen molar-refractivity contribution in [1.29, 1.82) is 5.26 Å². The Morgan fingerprint density at radius 1 is 1.24 bits per heavy atom. The number of anilines is 1. The molecule has 0 spiro atoms. The second kappa shape index (κ2) is 6.55. The number of nitriles is 1. The van der Waals surface area contributed by atoms with Crippen molar-refractivity contribution in [2.24, 2.45) is 0 Å². The second-order valence-electron chi connectivity index (χ2n) is 4.24. The summed E-state index contributed by atoms with van der Waals surface area (Å²) in [7, 11) is 1.47. The van der Waals surface area contributed by atoms with Crippen LogP contribution >= 0.6 is 15.9 Å². The van der Waals surface area contributed by atoms with Gasteiger partial charge in [0.25, 0.3) is 0 Å². The first-order chi connectivity index (χ1) is 10.0. The highest BCUT2D eigenvalue weighted by molar-refractivity contribution is 9.10. The summed E-state index contributed by atoms with van der Waals surface area (Å²) in [5.74, 6) is -0.908. The molecule has 2 aromatic carbocycles. The Balaban J connectivity index is 2.19. The molecule has 0 aliphatic heterocycles. The van der Waals surface area contributed by atoms with E-state index in [2.05, 4.69) is 21.2 Å². The summed E-state index contributed by atoms with van der Waals surface area (Å²) in [6.07, 6.45) is 0. The molecule has 0 aliphatic carbocycles. The SMILES string of the molecule is COc1ccc(CNc2c(F)cc(Br)cc2F)cc1C#N. The van der Waals surface area contributed by atoms with E-state index in [4.69, 9.17) is 10.00 Å². The molecule has 21 heavy (non-hydrogen) atoms. The van der Waals surface area contributed by atoms with Gasteiger partial charge in [-0.05, 0) is 29.8 Å². The van der Waals surface area contributed by atoms with E-state index in [0.29, 0.717) is 21.3 Å². The number of benzene rings is 2. The van der Waals surface area contributed by atoms with Crippen molar-refractivity contribution in [2.75, 3.05) is 12.4 Å². The third-order valence-corrected chi connectivity index (χ3v) is 3.32. The molecule has 2 rings (SSSR count). The maximum absolute atomic E-state index is 13.7. The summed E-state index contributed by atoms with van der Waals surface area (Å²) in [5, 5.41) is 11.7. The lowest BCUT2D eigenvalue weighted by molar-refractivity contribution is 0.413. The minimum atomic E-state index is -0.684. The van der Waals surface area contributed by atoms with Gasteiger partial charge >= 0.3 is 0 Å². The highest BCUT2D eigenvalue weighted by atomic mass is 79.9. The number of nitrogens with zero attached hydrogens (tertiary/aromatic N) is 1. The van der Waals surface area contributed by atoms with Crippen LogP contribution in [0.2, 0.25) is 0 Å². The van der Waals surface area contributed by atoms with Crippen LogP contribution in [-0.4, -0.2) is 7.11 Å². The molecular weight excluding hydrogens is 342 g/mol. The lowest BCUT2D eigenvalue weighted by Gasteiger charge is -2.10. The van der Waals surface area contributed by atoms with Crippen molar-refractivity contribution >= 4 is 21.6 Å². The summed E-state index contributed by atoms with van der Waals surface area (Å²) in [6.45, 7) is 0.189. The lowest BCUT2D eigenvalue weighted by atomic mass is 10.1. The number of hydrogen-bond acceptors (Lipinski definition) is 3. The molecule has 0 aromatic heterocycles. The Hall–Kier alpha value is -2.13. The van der Waals surface area contributed by atoms with E-state index in [0.717, 1.165) is 0 Å². The average molecular weight is 353 g/mol. The van der Waals surface area contributed by atoms with Crippen molar-refractivity contribution in [3.63, 3.8) is 0 Å². The van der Waals surface area contributed by atoms with Crippen LogP contribution in [0.4, 0.5) is 14.5 Å². The molecule has 0 atom stereocenters. The minimum Gasteiger partial charge on any atom is -0.495 e. The van der Waals surface area contributed by atoms with E-state index in [1.807, 2.05) is 6.07 Å². The Kier molecular flexibility index (Phi) is 4.76. The molecule has 0 saturated heterocycles. The summed E-state index contributed by atoms with van der Waals surface area (Å²) < 4.78 is 32.7. The fraction of sp³-hybridized carbons (Fsp3) is 0.133. The van der Waals surface area contributed by atoms with Crippen LogP contribution in [0, 0.1) is 23.0 Å². The van der Waals surface area contributed by atoms with Gasteiger partial charge in [-0.15, -0.1) is 0 Å². The van der Waals surface area contributed by atoms with Crippen molar-refractivity contribution < 1.29 is 13.5 Å². The number of rotatable bonds is 4. The molecule has 0 saturated carbocycles. The Morgan fingerprint density at radius 3 is 2.48 bits per heavy atom. The highest BCUT2D eigenvalue weighted by Gasteiger charge is 2.11. The monoisotopic (exact) mass is 352 g/mol. The zero-order valence-corrected chi connectivity index (χ0v) is 12.7. The van der Waals surface area contributed by atoms with Crippen molar-refractivity contribution in [3.05, 3.63) is 57.6 Å². The highest BCUT2D eigenvalue weighted by Crippen LogP contribution is 2.25. The van der Waals surface area contributed by atoms with E-state index in [1.165, 1.54) is 19.2 Å². The molecule has 0 fully saturated rings. The van der Waals surface area contributed by atoms with Crippen molar-refractivity contribution in [1.82, 2.24) is 0 Å². The molecule has 0 aliphatic rings. The first-order valence-corrected chi connectivity index (χ1v) is 6.80. The lowest BCUT2D eigenvalue weighted by Crippen LogP contribution is -2.04. The van der Waals surface area contributed by atoms with Crippen LogP contribution in [0.1, 0.15) is 11.1 Å². The zero-order chi connectivity index (χ0) is 15.4. The predicted octanol–water partition coefficient (Wildman–Crippen LogP) is 4.22. The standard InChI is InChI=1S/C15H11BrF2N2O/c1-21-14-3-2-9(4-10(14)7-19)8-20-15-12(17)5-11(16)6-13(15)18/h2-6,20H,8H2,1H3.